The molecule has 0 bridgehead atoms. The number of hydrogen-bond acceptors (Lipinski definition) is 5. The van der Waals surface area contributed by atoms with E-state index in [1.807, 2.05) is 18.7 Å². The molecule has 1 fully saturated rings. The Bertz CT molecular complexity index is 707. The number of halogens is 1. The first kappa shape index (κ1) is 17.4. The minimum absolute atomic E-state index is 0.0233. The molecule has 1 saturated heterocycles. The van der Waals surface area contributed by atoms with Crippen LogP contribution in [0, 0.1) is 11.7 Å². The Morgan fingerprint density at radius 1 is 1.32 bits per heavy atom. The van der Waals surface area contributed by atoms with Gasteiger partial charge in [-0.15, -0.1) is 0 Å². The maximum atomic E-state index is 12.9. The summed E-state index contributed by atoms with van der Waals surface area (Å²) in [4.78, 5) is 18.3. The lowest BCUT2D eigenvalue weighted by Gasteiger charge is -2.31. The van der Waals surface area contributed by atoms with Gasteiger partial charge in [-0.1, -0.05) is 19.0 Å². The third-order valence-corrected chi connectivity index (χ3v) is 4.32. The van der Waals surface area contributed by atoms with E-state index >= 15 is 0 Å². The average Bonchev–Trinajstić information content (AvgIpc) is 3.10. The molecule has 25 heavy (non-hydrogen) atoms. The highest BCUT2D eigenvalue weighted by atomic mass is 19.1. The van der Waals surface area contributed by atoms with Crippen LogP contribution in [0.15, 0.2) is 28.8 Å². The molecule has 0 aliphatic carbocycles. The van der Waals surface area contributed by atoms with E-state index in [2.05, 4.69) is 10.1 Å². The van der Waals surface area contributed by atoms with Gasteiger partial charge in [-0.2, -0.15) is 4.98 Å². The lowest BCUT2D eigenvalue weighted by atomic mass is 9.96. The lowest BCUT2D eigenvalue weighted by Crippen LogP contribution is -2.40. The van der Waals surface area contributed by atoms with Gasteiger partial charge in [0.05, 0.1) is 0 Å². The zero-order valence-electron chi connectivity index (χ0n) is 14.4. The molecular formula is C18H22FN3O3. The first-order chi connectivity index (χ1) is 12.0. The third-order valence-electron chi connectivity index (χ3n) is 4.32. The normalized spacial score (nSPS) is 15.6. The second-order valence-corrected chi connectivity index (χ2v) is 6.55. The van der Waals surface area contributed by atoms with E-state index in [4.69, 9.17) is 9.26 Å². The fourth-order valence-corrected chi connectivity index (χ4v) is 2.88. The van der Waals surface area contributed by atoms with Crippen LogP contribution in [0.1, 0.15) is 44.3 Å². The molecule has 2 heterocycles. The Morgan fingerprint density at radius 3 is 2.64 bits per heavy atom. The molecule has 1 aliphatic heterocycles. The maximum Gasteiger partial charge on any atom is 0.230 e. The monoisotopic (exact) mass is 347 g/mol. The van der Waals surface area contributed by atoms with Gasteiger partial charge in [-0.3, -0.25) is 4.79 Å². The summed E-state index contributed by atoms with van der Waals surface area (Å²) in [7, 11) is 0. The molecule has 0 saturated carbocycles. The zero-order chi connectivity index (χ0) is 17.8. The highest BCUT2D eigenvalue weighted by Gasteiger charge is 2.28. The minimum atomic E-state index is -0.309. The highest BCUT2D eigenvalue weighted by Crippen LogP contribution is 2.27. The second kappa shape index (κ2) is 7.63. The largest absolute Gasteiger partial charge is 0.485 e. The zero-order valence-corrected chi connectivity index (χ0v) is 14.4. The van der Waals surface area contributed by atoms with Gasteiger partial charge < -0.3 is 14.2 Å². The van der Waals surface area contributed by atoms with Crippen molar-refractivity contribution in [2.24, 2.45) is 5.92 Å². The third kappa shape index (κ3) is 4.35. The number of carbonyl (C=O) groups excluding carboxylic acids is 1. The van der Waals surface area contributed by atoms with E-state index in [0.29, 0.717) is 30.6 Å². The SMILES string of the molecule is CC(C)C(=O)N1CCC(c2nc(COc3ccc(F)cc3)no2)CC1. The molecule has 1 aromatic carbocycles. The Kier molecular flexibility index (Phi) is 5.31. The van der Waals surface area contributed by atoms with Crippen LogP contribution in [-0.2, 0) is 11.4 Å². The number of carbonyl (C=O) groups is 1. The maximum absolute atomic E-state index is 12.9. The highest BCUT2D eigenvalue weighted by molar-refractivity contribution is 5.78. The Hall–Kier alpha value is -2.44. The summed E-state index contributed by atoms with van der Waals surface area (Å²) in [6.07, 6.45) is 1.64. The van der Waals surface area contributed by atoms with Crippen LogP contribution in [0.25, 0.3) is 0 Å². The summed E-state index contributed by atoms with van der Waals surface area (Å²) in [5, 5.41) is 3.94. The molecule has 1 aliphatic rings. The van der Waals surface area contributed by atoms with Crippen LogP contribution in [0.4, 0.5) is 4.39 Å². The van der Waals surface area contributed by atoms with Crippen LogP contribution >= 0.6 is 0 Å². The molecule has 2 aromatic rings. The molecule has 1 aromatic heterocycles. The van der Waals surface area contributed by atoms with Crippen molar-refractivity contribution in [2.45, 2.75) is 39.2 Å². The van der Waals surface area contributed by atoms with E-state index in [-0.39, 0.29) is 30.2 Å². The van der Waals surface area contributed by atoms with Crippen molar-refractivity contribution < 1.29 is 18.4 Å². The molecule has 3 rings (SSSR count). The van der Waals surface area contributed by atoms with Gasteiger partial charge in [-0.05, 0) is 37.1 Å². The van der Waals surface area contributed by atoms with Crippen LogP contribution in [0.3, 0.4) is 0 Å². The molecule has 0 atom stereocenters. The van der Waals surface area contributed by atoms with E-state index in [1.54, 1.807) is 12.1 Å². The molecule has 0 unspecified atom stereocenters. The number of nitrogens with zero attached hydrogens (tertiary/aromatic N) is 3. The lowest BCUT2D eigenvalue weighted by molar-refractivity contribution is -0.135. The van der Waals surface area contributed by atoms with Crippen molar-refractivity contribution in [2.75, 3.05) is 13.1 Å². The average molecular weight is 347 g/mol. The van der Waals surface area contributed by atoms with Gasteiger partial charge in [0.25, 0.3) is 0 Å². The molecule has 6 nitrogen and oxygen atoms in total. The molecule has 1 amide bonds. The Morgan fingerprint density at radius 2 is 2.00 bits per heavy atom. The van der Waals surface area contributed by atoms with Crippen molar-refractivity contribution in [3.05, 3.63) is 41.8 Å². The summed E-state index contributed by atoms with van der Waals surface area (Å²) >= 11 is 0. The minimum Gasteiger partial charge on any atom is -0.485 e. The van der Waals surface area contributed by atoms with Gasteiger partial charge in [0.1, 0.15) is 11.6 Å². The first-order valence-corrected chi connectivity index (χ1v) is 8.52. The van der Waals surface area contributed by atoms with E-state index in [0.717, 1.165) is 12.8 Å². The van der Waals surface area contributed by atoms with Crippen LogP contribution in [0.2, 0.25) is 0 Å². The van der Waals surface area contributed by atoms with E-state index < -0.39 is 0 Å². The van der Waals surface area contributed by atoms with Crippen molar-refractivity contribution in [1.82, 2.24) is 15.0 Å². The summed E-state index contributed by atoms with van der Waals surface area (Å²) in [6, 6.07) is 5.78. The number of benzene rings is 1. The van der Waals surface area contributed by atoms with Gasteiger partial charge in [0, 0.05) is 24.9 Å². The molecule has 7 heteroatoms. The second-order valence-electron chi connectivity index (χ2n) is 6.55. The van der Waals surface area contributed by atoms with Gasteiger partial charge in [0.2, 0.25) is 17.6 Å². The molecule has 134 valence electrons. The topological polar surface area (TPSA) is 68.5 Å². The number of piperidine rings is 1. The van der Waals surface area contributed by atoms with E-state index in [9.17, 15) is 9.18 Å². The number of amides is 1. The van der Waals surface area contributed by atoms with Crippen molar-refractivity contribution >= 4 is 5.91 Å². The smallest absolute Gasteiger partial charge is 0.230 e. The van der Waals surface area contributed by atoms with Crippen molar-refractivity contribution in [3.8, 4) is 5.75 Å². The fraction of sp³-hybridized carbons (Fsp3) is 0.500. The van der Waals surface area contributed by atoms with Crippen LogP contribution in [0.5, 0.6) is 5.75 Å². The summed E-state index contributed by atoms with van der Waals surface area (Å²) in [5.41, 5.74) is 0. The Labute approximate surface area is 146 Å². The fourth-order valence-electron chi connectivity index (χ4n) is 2.88. The molecule has 0 spiro atoms. The predicted octanol–water partition coefficient (Wildman–Crippen LogP) is 3.15. The summed E-state index contributed by atoms with van der Waals surface area (Å²) in [6.45, 7) is 5.43. The number of hydrogen-bond donors (Lipinski definition) is 0. The predicted molar refractivity (Wildman–Crippen MR) is 88.4 cm³/mol. The number of ether oxygens (including phenoxy) is 1. The number of likely N-dealkylation sites (tertiary alicyclic amines) is 1. The van der Waals surface area contributed by atoms with E-state index in [1.165, 1.54) is 12.1 Å². The van der Waals surface area contributed by atoms with Gasteiger partial charge in [-0.25, -0.2) is 4.39 Å². The quantitative estimate of drug-likeness (QED) is 0.831. The van der Waals surface area contributed by atoms with Crippen molar-refractivity contribution in [1.29, 1.82) is 0 Å². The first-order valence-electron chi connectivity index (χ1n) is 8.52. The van der Waals surface area contributed by atoms with Crippen molar-refractivity contribution in [3.63, 3.8) is 0 Å². The van der Waals surface area contributed by atoms with Gasteiger partial charge >= 0.3 is 0 Å². The van der Waals surface area contributed by atoms with Crippen LogP contribution in [-0.4, -0.2) is 34.0 Å². The van der Waals surface area contributed by atoms with Gasteiger partial charge in [0.15, 0.2) is 6.61 Å². The Balaban J connectivity index is 1.52. The molecule has 0 N–H and O–H groups in total. The van der Waals surface area contributed by atoms with Crippen LogP contribution < -0.4 is 4.74 Å². The molecular weight excluding hydrogens is 325 g/mol. The summed E-state index contributed by atoms with van der Waals surface area (Å²) in [5.74, 6) is 1.68. The standard InChI is InChI=1S/C18H22FN3O3/c1-12(2)18(23)22-9-7-13(8-10-22)17-20-16(21-25-17)11-24-15-5-3-14(19)4-6-15/h3-6,12-13H,7-11H2,1-2H3. The summed E-state index contributed by atoms with van der Waals surface area (Å²) < 4.78 is 23.7. The number of rotatable bonds is 5. The number of aromatic nitrogens is 2. The molecule has 0 radical (unpaired) electrons.